The minimum Gasteiger partial charge on any atom is -0.339 e. The highest BCUT2D eigenvalue weighted by atomic mass is 31.2. The van der Waals surface area contributed by atoms with Crippen molar-refractivity contribution in [2.24, 2.45) is 5.92 Å². The Hall–Kier alpha value is -2.47. The van der Waals surface area contributed by atoms with E-state index in [-0.39, 0.29) is 23.9 Å². The van der Waals surface area contributed by atoms with Crippen molar-refractivity contribution in [3.63, 3.8) is 0 Å². The van der Waals surface area contributed by atoms with Gasteiger partial charge in [-0.3, -0.25) is 14.2 Å². The average Bonchev–Trinajstić information content (AvgIpc) is 2.81. The van der Waals surface area contributed by atoms with Crippen LogP contribution in [0.1, 0.15) is 42.6 Å². The van der Waals surface area contributed by atoms with Crippen LogP contribution in [0.3, 0.4) is 0 Å². The molecule has 1 saturated heterocycles. The van der Waals surface area contributed by atoms with Crippen LogP contribution in [0.5, 0.6) is 0 Å². The molecule has 0 aliphatic carbocycles. The number of carbonyl (C=O) groups excluding carboxylic acids is 2. The van der Waals surface area contributed by atoms with Crippen molar-refractivity contribution in [1.29, 1.82) is 0 Å². The molecule has 32 heavy (non-hydrogen) atoms. The van der Waals surface area contributed by atoms with E-state index in [2.05, 4.69) is 5.32 Å². The van der Waals surface area contributed by atoms with Crippen molar-refractivity contribution in [2.75, 3.05) is 31.6 Å². The maximum Gasteiger partial charge on any atom is 0.335 e. The standard InChI is InChI=1S/C24H31N2O5P/c1-3-30-32(29,31-4-2)18-19-10-12-22(13-11-19)25-23(27)20-14-16-26(17-15-20)24(28)21-8-6-5-7-9-21/h5-13,20H,3-4,14-18H2,1-2H3,(H,25,27). The van der Waals surface area contributed by atoms with Gasteiger partial charge in [0, 0.05) is 30.3 Å². The van der Waals surface area contributed by atoms with Crippen molar-refractivity contribution in [3.8, 4) is 0 Å². The molecule has 1 fully saturated rings. The van der Waals surface area contributed by atoms with E-state index >= 15 is 0 Å². The van der Waals surface area contributed by atoms with Gasteiger partial charge in [0.25, 0.3) is 5.91 Å². The highest BCUT2D eigenvalue weighted by Crippen LogP contribution is 2.51. The number of rotatable bonds is 9. The molecule has 0 spiro atoms. The molecule has 2 aromatic carbocycles. The van der Waals surface area contributed by atoms with Gasteiger partial charge in [-0.25, -0.2) is 0 Å². The number of hydrogen-bond acceptors (Lipinski definition) is 5. The Kier molecular flexibility index (Phi) is 8.62. The minimum absolute atomic E-state index is 0.0106. The lowest BCUT2D eigenvalue weighted by Crippen LogP contribution is -2.41. The first-order valence-electron chi connectivity index (χ1n) is 11.1. The minimum atomic E-state index is -3.16. The van der Waals surface area contributed by atoms with E-state index in [4.69, 9.17) is 9.05 Å². The highest BCUT2D eigenvalue weighted by Gasteiger charge is 2.28. The van der Waals surface area contributed by atoms with Gasteiger partial charge in [0.05, 0.1) is 19.4 Å². The molecule has 0 bridgehead atoms. The summed E-state index contributed by atoms with van der Waals surface area (Å²) in [5.74, 6) is -0.166. The maximum atomic E-state index is 12.7. The molecule has 1 aliphatic heterocycles. The van der Waals surface area contributed by atoms with E-state index < -0.39 is 7.60 Å². The van der Waals surface area contributed by atoms with Crippen LogP contribution in [-0.2, 0) is 24.6 Å². The molecule has 1 aliphatic rings. The Labute approximate surface area is 189 Å². The van der Waals surface area contributed by atoms with Gasteiger partial charge in [0.15, 0.2) is 0 Å². The zero-order chi connectivity index (χ0) is 23.0. The molecule has 1 heterocycles. The van der Waals surface area contributed by atoms with E-state index in [1.54, 1.807) is 26.0 Å². The third kappa shape index (κ3) is 6.52. The van der Waals surface area contributed by atoms with Crippen LogP contribution < -0.4 is 5.32 Å². The van der Waals surface area contributed by atoms with Gasteiger partial charge in [-0.1, -0.05) is 30.3 Å². The molecule has 0 unspecified atom stereocenters. The maximum absolute atomic E-state index is 12.7. The van der Waals surface area contributed by atoms with Crippen molar-refractivity contribution < 1.29 is 23.2 Å². The zero-order valence-corrected chi connectivity index (χ0v) is 19.6. The summed E-state index contributed by atoms with van der Waals surface area (Å²) in [6.07, 6.45) is 1.46. The van der Waals surface area contributed by atoms with Crippen LogP contribution in [0.4, 0.5) is 5.69 Å². The molecule has 7 nitrogen and oxygen atoms in total. The Morgan fingerprint density at radius 3 is 2.12 bits per heavy atom. The van der Waals surface area contributed by atoms with Gasteiger partial charge >= 0.3 is 7.60 Å². The van der Waals surface area contributed by atoms with Crippen molar-refractivity contribution in [1.82, 2.24) is 4.90 Å². The fraction of sp³-hybridized carbons (Fsp3) is 0.417. The second-order valence-electron chi connectivity index (χ2n) is 7.72. The first kappa shape index (κ1) is 24.2. The smallest absolute Gasteiger partial charge is 0.335 e. The largest absolute Gasteiger partial charge is 0.339 e. The topological polar surface area (TPSA) is 84.9 Å². The molecule has 0 radical (unpaired) electrons. The molecular weight excluding hydrogens is 427 g/mol. The summed E-state index contributed by atoms with van der Waals surface area (Å²) in [6.45, 7) is 5.34. The summed E-state index contributed by atoms with van der Waals surface area (Å²) >= 11 is 0. The normalized spacial score (nSPS) is 14.9. The molecule has 0 aromatic heterocycles. The van der Waals surface area contributed by atoms with Crippen LogP contribution in [0, 0.1) is 5.92 Å². The zero-order valence-electron chi connectivity index (χ0n) is 18.7. The number of benzene rings is 2. The van der Waals surface area contributed by atoms with E-state index in [1.807, 2.05) is 47.4 Å². The number of carbonyl (C=O) groups is 2. The Balaban J connectivity index is 1.51. The second kappa shape index (κ2) is 11.4. The van der Waals surface area contributed by atoms with Gasteiger partial charge < -0.3 is 19.3 Å². The van der Waals surface area contributed by atoms with E-state index in [9.17, 15) is 14.2 Å². The number of nitrogens with one attached hydrogen (secondary N) is 1. The molecule has 1 N–H and O–H groups in total. The van der Waals surface area contributed by atoms with Crippen LogP contribution in [0.15, 0.2) is 54.6 Å². The highest BCUT2D eigenvalue weighted by molar-refractivity contribution is 7.53. The van der Waals surface area contributed by atoms with Gasteiger partial charge in [-0.05, 0) is 56.5 Å². The lowest BCUT2D eigenvalue weighted by Gasteiger charge is -2.31. The van der Waals surface area contributed by atoms with Crippen molar-refractivity contribution in [2.45, 2.75) is 32.9 Å². The summed E-state index contributed by atoms with van der Waals surface area (Å²) < 4.78 is 23.3. The summed E-state index contributed by atoms with van der Waals surface area (Å²) in [5.41, 5.74) is 2.18. The van der Waals surface area contributed by atoms with Crippen molar-refractivity contribution in [3.05, 3.63) is 65.7 Å². The van der Waals surface area contributed by atoms with Gasteiger partial charge in [0.2, 0.25) is 5.91 Å². The van der Waals surface area contributed by atoms with Crippen LogP contribution in [-0.4, -0.2) is 43.0 Å². The van der Waals surface area contributed by atoms with Crippen LogP contribution >= 0.6 is 7.60 Å². The Bertz CT molecular complexity index is 931. The third-order valence-electron chi connectivity index (χ3n) is 5.42. The Morgan fingerprint density at radius 1 is 0.969 bits per heavy atom. The predicted octanol–water partition coefficient (Wildman–Crippen LogP) is 4.94. The predicted molar refractivity (Wildman–Crippen MR) is 125 cm³/mol. The number of nitrogens with zero attached hydrogens (tertiary/aromatic N) is 1. The van der Waals surface area contributed by atoms with E-state index in [1.165, 1.54) is 0 Å². The number of anilines is 1. The summed E-state index contributed by atoms with van der Waals surface area (Å²) in [5, 5.41) is 2.95. The number of hydrogen-bond donors (Lipinski definition) is 1. The average molecular weight is 458 g/mol. The van der Waals surface area contributed by atoms with Crippen LogP contribution in [0.25, 0.3) is 0 Å². The van der Waals surface area contributed by atoms with Gasteiger partial charge in [-0.15, -0.1) is 0 Å². The molecule has 3 rings (SSSR count). The molecule has 2 amide bonds. The fourth-order valence-electron chi connectivity index (χ4n) is 3.79. The van der Waals surface area contributed by atoms with E-state index in [0.29, 0.717) is 50.4 Å². The monoisotopic (exact) mass is 458 g/mol. The molecule has 0 saturated carbocycles. The SMILES string of the molecule is CCOP(=O)(Cc1ccc(NC(=O)C2CCN(C(=O)c3ccccc3)CC2)cc1)OCC. The second-order valence-corrected chi connectivity index (χ2v) is 9.78. The van der Waals surface area contributed by atoms with Crippen molar-refractivity contribution >= 4 is 25.1 Å². The molecular formula is C24H31N2O5P. The molecule has 2 aromatic rings. The third-order valence-corrected chi connectivity index (χ3v) is 7.48. The molecule has 172 valence electrons. The summed E-state index contributed by atoms with van der Waals surface area (Å²) in [7, 11) is -3.16. The number of amides is 2. The number of likely N-dealkylation sites (tertiary alicyclic amines) is 1. The van der Waals surface area contributed by atoms with Crippen LogP contribution in [0.2, 0.25) is 0 Å². The molecule has 0 atom stereocenters. The number of piperidine rings is 1. The summed E-state index contributed by atoms with van der Waals surface area (Å²) in [4.78, 5) is 27.1. The quantitative estimate of drug-likeness (QED) is 0.538. The van der Waals surface area contributed by atoms with Gasteiger partial charge in [-0.2, -0.15) is 0 Å². The first-order valence-corrected chi connectivity index (χ1v) is 12.8. The fourth-order valence-corrected chi connectivity index (χ4v) is 5.49. The Morgan fingerprint density at radius 2 is 1.56 bits per heavy atom. The lowest BCUT2D eigenvalue weighted by molar-refractivity contribution is -0.121. The molecule has 8 heteroatoms. The van der Waals surface area contributed by atoms with Gasteiger partial charge in [0.1, 0.15) is 0 Å². The first-order chi connectivity index (χ1) is 15.4. The van der Waals surface area contributed by atoms with E-state index in [0.717, 1.165) is 5.56 Å². The summed E-state index contributed by atoms with van der Waals surface area (Å²) in [6, 6.07) is 16.4. The lowest BCUT2D eigenvalue weighted by atomic mass is 9.95.